The fourth-order valence-corrected chi connectivity index (χ4v) is 3.83. The van der Waals surface area contributed by atoms with Crippen LogP contribution in [-0.2, 0) is 6.54 Å². The van der Waals surface area contributed by atoms with Gasteiger partial charge in [0.05, 0.1) is 0 Å². The minimum Gasteiger partial charge on any atom is -0.326 e. The van der Waals surface area contributed by atoms with Crippen LogP contribution in [0.25, 0.3) is 0 Å². The van der Waals surface area contributed by atoms with Crippen LogP contribution in [0.2, 0.25) is 0 Å². The molecule has 2 atom stereocenters. The van der Waals surface area contributed by atoms with Crippen LogP contribution in [0.15, 0.2) is 40.5 Å². The van der Waals surface area contributed by atoms with Crippen LogP contribution >= 0.6 is 23.7 Å². The highest BCUT2D eigenvalue weighted by atomic mass is 35.5. The predicted octanol–water partition coefficient (Wildman–Crippen LogP) is 2.07. The number of likely N-dealkylation sites (tertiary alicyclic amines) is 1. The number of thiazole rings is 1. The second-order valence-electron chi connectivity index (χ2n) is 5.74. The Bertz CT molecular complexity index is 655. The first-order chi connectivity index (χ1) is 10.1. The molecule has 0 bridgehead atoms. The maximum atomic E-state index is 11.7. The van der Waals surface area contributed by atoms with Crippen molar-refractivity contribution in [3.63, 3.8) is 0 Å². The fourth-order valence-electron chi connectivity index (χ4n) is 3.06. The van der Waals surface area contributed by atoms with E-state index in [0.717, 1.165) is 31.9 Å². The molecule has 0 radical (unpaired) electrons. The molecule has 0 unspecified atom stereocenters. The zero-order valence-electron chi connectivity index (χ0n) is 12.6. The molecule has 1 saturated heterocycles. The molecule has 4 nitrogen and oxygen atoms in total. The second kappa shape index (κ2) is 7.42. The quantitative estimate of drug-likeness (QED) is 0.927. The van der Waals surface area contributed by atoms with Crippen LogP contribution in [0.1, 0.15) is 17.2 Å². The Balaban J connectivity index is 0.00000176. The molecule has 1 aliphatic rings. The topological polar surface area (TPSA) is 51.3 Å². The standard InChI is InChI=1S/C16H21N3OS.ClH/c1-12-11-21-16(20)19(12)8-7-18-9-14(15(17)10-18)13-5-3-2-4-6-13;/h2-6,11,14-15H,7-10,17H2,1H3;1H/t14-,15+;/m0./s1. The molecule has 2 heterocycles. The van der Waals surface area contributed by atoms with Crippen molar-refractivity contribution in [1.82, 2.24) is 9.47 Å². The van der Waals surface area contributed by atoms with Gasteiger partial charge in [-0.3, -0.25) is 9.69 Å². The van der Waals surface area contributed by atoms with Gasteiger partial charge < -0.3 is 10.3 Å². The van der Waals surface area contributed by atoms with Gasteiger partial charge in [-0.05, 0) is 12.5 Å². The van der Waals surface area contributed by atoms with E-state index in [9.17, 15) is 4.79 Å². The molecule has 0 spiro atoms. The Kier molecular flexibility index (Phi) is 5.81. The normalized spacial score (nSPS) is 21.7. The highest BCUT2D eigenvalue weighted by Gasteiger charge is 2.30. The number of rotatable bonds is 4. The highest BCUT2D eigenvalue weighted by Crippen LogP contribution is 2.26. The number of benzene rings is 1. The average Bonchev–Trinajstić information content (AvgIpc) is 3.01. The third kappa shape index (κ3) is 3.60. The van der Waals surface area contributed by atoms with Crippen molar-refractivity contribution in [1.29, 1.82) is 0 Å². The molecule has 6 heteroatoms. The molecule has 0 aliphatic carbocycles. The number of nitrogens with zero attached hydrogens (tertiary/aromatic N) is 2. The second-order valence-corrected chi connectivity index (χ2v) is 6.56. The largest absolute Gasteiger partial charge is 0.326 e. The van der Waals surface area contributed by atoms with Gasteiger partial charge >= 0.3 is 4.87 Å². The van der Waals surface area contributed by atoms with Gasteiger partial charge in [0.1, 0.15) is 0 Å². The summed E-state index contributed by atoms with van der Waals surface area (Å²) in [6.45, 7) is 5.50. The smallest absolute Gasteiger partial charge is 0.307 e. The lowest BCUT2D eigenvalue weighted by Gasteiger charge is -2.16. The van der Waals surface area contributed by atoms with Gasteiger partial charge in [-0.2, -0.15) is 0 Å². The lowest BCUT2D eigenvalue weighted by molar-refractivity contribution is 0.314. The van der Waals surface area contributed by atoms with Gasteiger partial charge in [0.15, 0.2) is 0 Å². The van der Waals surface area contributed by atoms with Crippen LogP contribution in [-0.4, -0.2) is 35.1 Å². The maximum Gasteiger partial charge on any atom is 0.307 e. The summed E-state index contributed by atoms with van der Waals surface area (Å²) in [6, 6.07) is 10.7. The van der Waals surface area contributed by atoms with Gasteiger partial charge in [0.2, 0.25) is 0 Å². The van der Waals surface area contributed by atoms with Crippen LogP contribution in [0.3, 0.4) is 0 Å². The summed E-state index contributed by atoms with van der Waals surface area (Å²) in [4.78, 5) is 14.2. The van der Waals surface area contributed by atoms with E-state index >= 15 is 0 Å². The Morgan fingerprint density at radius 3 is 2.59 bits per heavy atom. The number of aryl methyl sites for hydroxylation is 1. The van der Waals surface area contributed by atoms with E-state index in [1.807, 2.05) is 22.9 Å². The first-order valence-electron chi connectivity index (χ1n) is 7.33. The number of nitrogens with two attached hydrogens (primary N) is 1. The van der Waals surface area contributed by atoms with Crippen molar-refractivity contribution < 1.29 is 0 Å². The monoisotopic (exact) mass is 339 g/mol. The highest BCUT2D eigenvalue weighted by molar-refractivity contribution is 7.07. The van der Waals surface area contributed by atoms with Gasteiger partial charge in [-0.1, -0.05) is 41.7 Å². The molecule has 1 aromatic carbocycles. The molecule has 1 aromatic heterocycles. The molecule has 1 aliphatic heterocycles. The zero-order valence-corrected chi connectivity index (χ0v) is 14.3. The summed E-state index contributed by atoms with van der Waals surface area (Å²) in [7, 11) is 0. The predicted molar refractivity (Wildman–Crippen MR) is 94.2 cm³/mol. The molecule has 1 fully saturated rings. The van der Waals surface area contributed by atoms with Gasteiger partial charge in [0.25, 0.3) is 0 Å². The van der Waals surface area contributed by atoms with E-state index < -0.39 is 0 Å². The van der Waals surface area contributed by atoms with Gasteiger partial charge in [0, 0.05) is 49.2 Å². The van der Waals surface area contributed by atoms with Crippen molar-refractivity contribution in [2.24, 2.45) is 5.73 Å². The minimum atomic E-state index is 0. The van der Waals surface area contributed by atoms with Crippen LogP contribution in [0.5, 0.6) is 0 Å². The van der Waals surface area contributed by atoms with Crippen LogP contribution in [0, 0.1) is 6.92 Å². The number of halogens is 1. The van der Waals surface area contributed by atoms with E-state index in [4.69, 9.17) is 5.73 Å². The van der Waals surface area contributed by atoms with Crippen LogP contribution < -0.4 is 10.6 Å². The molecule has 22 heavy (non-hydrogen) atoms. The first-order valence-corrected chi connectivity index (χ1v) is 8.21. The maximum absolute atomic E-state index is 11.7. The molecule has 2 N–H and O–H groups in total. The van der Waals surface area contributed by atoms with Gasteiger partial charge in [-0.15, -0.1) is 12.4 Å². The zero-order chi connectivity index (χ0) is 14.8. The summed E-state index contributed by atoms with van der Waals surface area (Å²) in [5.41, 5.74) is 8.67. The van der Waals surface area contributed by atoms with Crippen molar-refractivity contribution in [3.8, 4) is 0 Å². The molecule has 2 aromatic rings. The molecule has 0 amide bonds. The van der Waals surface area contributed by atoms with E-state index in [1.54, 1.807) is 0 Å². The summed E-state index contributed by atoms with van der Waals surface area (Å²) in [5.74, 6) is 0.395. The molecule has 0 saturated carbocycles. The van der Waals surface area contributed by atoms with Crippen molar-refractivity contribution in [2.75, 3.05) is 19.6 Å². The Morgan fingerprint density at radius 1 is 1.23 bits per heavy atom. The molecular formula is C16H22ClN3OS. The number of hydrogen-bond acceptors (Lipinski definition) is 4. The lowest BCUT2D eigenvalue weighted by atomic mass is 9.95. The van der Waals surface area contributed by atoms with E-state index in [2.05, 4.69) is 29.2 Å². The average molecular weight is 340 g/mol. The minimum absolute atomic E-state index is 0. The summed E-state index contributed by atoms with van der Waals surface area (Å²) < 4.78 is 1.85. The fraction of sp³-hybridized carbons (Fsp3) is 0.438. The lowest BCUT2D eigenvalue weighted by Crippen LogP contribution is -2.31. The summed E-state index contributed by atoms with van der Waals surface area (Å²) in [6.07, 6.45) is 0. The van der Waals surface area contributed by atoms with Crippen molar-refractivity contribution >= 4 is 23.7 Å². The van der Waals surface area contributed by atoms with Crippen LogP contribution in [0.4, 0.5) is 0 Å². The Labute approximate surface area is 141 Å². The summed E-state index contributed by atoms with van der Waals surface area (Å²) in [5, 5.41) is 1.92. The number of aromatic nitrogens is 1. The third-order valence-electron chi connectivity index (χ3n) is 4.28. The molecule has 120 valence electrons. The third-order valence-corrected chi connectivity index (χ3v) is 5.17. The molecule has 3 rings (SSSR count). The Morgan fingerprint density at radius 2 is 1.95 bits per heavy atom. The van der Waals surface area contributed by atoms with E-state index in [-0.39, 0.29) is 23.3 Å². The number of hydrogen-bond donors (Lipinski definition) is 1. The first kappa shape index (κ1) is 17.2. The van der Waals surface area contributed by atoms with Crippen molar-refractivity contribution in [2.45, 2.75) is 25.4 Å². The Hall–Kier alpha value is -1.14. The van der Waals surface area contributed by atoms with Gasteiger partial charge in [-0.25, -0.2) is 0 Å². The van der Waals surface area contributed by atoms with E-state index in [1.165, 1.54) is 16.9 Å². The summed E-state index contributed by atoms with van der Waals surface area (Å²) >= 11 is 1.28. The van der Waals surface area contributed by atoms with Crippen molar-refractivity contribution in [3.05, 3.63) is 56.6 Å². The van der Waals surface area contributed by atoms with E-state index in [0.29, 0.717) is 5.92 Å². The SMILES string of the molecule is Cc1csc(=O)n1CCN1C[C@@H](N)[C@H](c2ccccc2)C1.Cl. The molecular weight excluding hydrogens is 318 g/mol.